The highest BCUT2D eigenvalue weighted by molar-refractivity contribution is 5.96. The molecule has 2 aromatic carbocycles. The second kappa shape index (κ2) is 6.71. The highest BCUT2D eigenvalue weighted by Crippen LogP contribution is 2.16. The number of carbonyl (C=O) groups excluding carboxylic acids is 3. The summed E-state index contributed by atoms with van der Waals surface area (Å²) in [5.74, 6) is -1.30. The van der Waals surface area contributed by atoms with E-state index in [1.807, 2.05) is 47.8 Å². The van der Waals surface area contributed by atoms with E-state index in [1.165, 1.54) is 6.92 Å². The predicted molar refractivity (Wildman–Crippen MR) is 80.9 cm³/mol. The van der Waals surface area contributed by atoms with Crippen LogP contribution in [0.15, 0.2) is 42.5 Å². The average Bonchev–Trinajstić information content (AvgIpc) is 2.46. The van der Waals surface area contributed by atoms with Gasteiger partial charge in [-0.2, -0.15) is 0 Å². The minimum atomic E-state index is -1.08. The van der Waals surface area contributed by atoms with E-state index in [0.29, 0.717) is 0 Å². The van der Waals surface area contributed by atoms with Gasteiger partial charge in [-0.3, -0.25) is 14.9 Å². The Morgan fingerprint density at radius 1 is 1.14 bits per heavy atom. The van der Waals surface area contributed by atoms with Gasteiger partial charge < -0.3 is 10.5 Å². The Morgan fingerprint density at radius 3 is 2.50 bits per heavy atom. The molecule has 2 aromatic rings. The number of fused-ring (bicyclic) bond motifs is 1. The number of ether oxygens (including phenoxy) is 1. The van der Waals surface area contributed by atoms with Gasteiger partial charge in [-0.05, 0) is 23.3 Å². The van der Waals surface area contributed by atoms with Crippen LogP contribution < -0.4 is 11.1 Å². The monoisotopic (exact) mass is 300 g/mol. The lowest BCUT2D eigenvalue weighted by Crippen LogP contribution is -2.42. The summed E-state index contributed by atoms with van der Waals surface area (Å²) in [5, 5.41) is 3.96. The van der Waals surface area contributed by atoms with Crippen molar-refractivity contribution < 1.29 is 19.1 Å². The lowest BCUT2D eigenvalue weighted by atomic mass is 10.1. The number of carbonyl (C=O) groups is 3. The third-order valence-corrected chi connectivity index (χ3v) is 3.09. The van der Waals surface area contributed by atoms with E-state index in [4.69, 9.17) is 10.5 Å². The molecule has 0 fully saturated rings. The molecule has 3 N–H and O–H groups in total. The molecule has 0 heterocycles. The SMILES string of the molecule is C[C@@H](OC(=O)Cc1ccc2ccccc2c1)C(=O)NC(N)=O. The van der Waals surface area contributed by atoms with Crippen LogP contribution in [0.5, 0.6) is 0 Å². The maximum absolute atomic E-state index is 11.8. The Labute approximate surface area is 127 Å². The Hall–Kier alpha value is -2.89. The lowest BCUT2D eigenvalue weighted by Gasteiger charge is -2.12. The van der Waals surface area contributed by atoms with Gasteiger partial charge in [-0.1, -0.05) is 42.5 Å². The molecule has 0 aliphatic rings. The van der Waals surface area contributed by atoms with E-state index in [-0.39, 0.29) is 6.42 Å². The Balaban J connectivity index is 1.98. The van der Waals surface area contributed by atoms with E-state index in [2.05, 4.69) is 0 Å². The number of hydrogen-bond acceptors (Lipinski definition) is 4. The van der Waals surface area contributed by atoms with E-state index < -0.39 is 24.0 Å². The van der Waals surface area contributed by atoms with Gasteiger partial charge in [0.05, 0.1) is 6.42 Å². The fraction of sp³-hybridized carbons (Fsp3) is 0.188. The zero-order chi connectivity index (χ0) is 16.1. The van der Waals surface area contributed by atoms with Crippen LogP contribution in [0.1, 0.15) is 12.5 Å². The largest absolute Gasteiger partial charge is 0.452 e. The number of primary amides is 1. The first-order valence-electron chi connectivity index (χ1n) is 6.73. The molecular weight excluding hydrogens is 284 g/mol. The second-order valence-electron chi connectivity index (χ2n) is 4.84. The van der Waals surface area contributed by atoms with Gasteiger partial charge in [-0.25, -0.2) is 4.79 Å². The summed E-state index contributed by atoms with van der Waals surface area (Å²) in [4.78, 5) is 33.8. The molecule has 0 saturated heterocycles. The molecule has 0 aromatic heterocycles. The summed E-state index contributed by atoms with van der Waals surface area (Å²) >= 11 is 0. The maximum Gasteiger partial charge on any atom is 0.318 e. The summed E-state index contributed by atoms with van der Waals surface area (Å²) < 4.78 is 4.97. The summed E-state index contributed by atoms with van der Waals surface area (Å²) in [6.07, 6.45) is -1.04. The lowest BCUT2D eigenvalue weighted by molar-refractivity contribution is -0.153. The van der Waals surface area contributed by atoms with Crippen LogP contribution in [-0.2, 0) is 20.7 Å². The van der Waals surface area contributed by atoms with Crippen LogP contribution in [-0.4, -0.2) is 24.0 Å². The molecule has 0 unspecified atom stereocenters. The van der Waals surface area contributed by atoms with Crippen molar-refractivity contribution in [3.05, 3.63) is 48.0 Å². The molecule has 1 atom stereocenters. The van der Waals surface area contributed by atoms with E-state index in [1.54, 1.807) is 0 Å². The number of esters is 1. The number of rotatable bonds is 4. The third kappa shape index (κ3) is 4.05. The molecule has 0 aliphatic heterocycles. The number of benzene rings is 2. The van der Waals surface area contributed by atoms with E-state index >= 15 is 0 Å². The van der Waals surface area contributed by atoms with Crippen LogP contribution in [0.4, 0.5) is 4.79 Å². The number of hydrogen-bond donors (Lipinski definition) is 2. The number of imide groups is 1. The van der Waals surface area contributed by atoms with Crippen LogP contribution in [0.3, 0.4) is 0 Å². The maximum atomic E-state index is 11.8. The fourth-order valence-corrected chi connectivity index (χ4v) is 2.03. The predicted octanol–water partition coefficient (Wildman–Crippen LogP) is 1.51. The first kappa shape index (κ1) is 15.5. The zero-order valence-electron chi connectivity index (χ0n) is 12.0. The topological polar surface area (TPSA) is 98.5 Å². The third-order valence-electron chi connectivity index (χ3n) is 3.09. The van der Waals surface area contributed by atoms with E-state index in [9.17, 15) is 14.4 Å². The second-order valence-corrected chi connectivity index (χ2v) is 4.84. The van der Waals surface area contributed by atoms with Crippen molar-refractivity contribution in [3.8, 4) is 0 Å². The zero-order valence-corrected chi connectivity index (χ0v) is 12.0. The van der Waals surface area contributed by atoms with Gasteiger partial charge in [0.2, 0.25) is 0 Å². The summed E-state index contributed by atoms with van der Waals surface area (Å²) in [7, 11) is 0. The average molecular weight is 300 g/mol. The molecule has 114 valence electrons. The smallest absolute Gasteiger partial charge is 0.318 e. The number of nitrogens with one attached hydrogen (secondary N) is 1. The molecular formula is C16H16N2O4. The molecule has 0 saturated carbocycles. The van der Waals surface area contributed by atoms with Crippen molar-refractivity contribution in [1.29, 1.82) is 0 Å². The minimum absolute atomic E-state index is 0.0407. The number of urea groups is 1. The Kier molecular flexibility index (Phi) is 4.73. The van der Waals surface area contributed by atoms with Crippen molar-refractivity contribution in [2.45, 2.75) is 19.4 Å². The first-order valence-corrected chi connectivity index (χ1v) is 6.73. The quantitative estimate of drug-likeness (QED) is 0.836. The minimum Gasteiger partial charge on any atom is -0.452 e. The normalized spacial score (nSPS) is 11.7. The first-order chi connectivity index (χ1) is 10.5. The standard InChI is InChI=1S/C16H16N2O4/c1-10(15(20)18-16(17)21)22-14(19)9-11-6-7-12-4-2-3-5-13(12)8-11/h2-8,10H,9H2,1H3,(H3,17,18,20,21)/t10-/m1/s1. The Morgan fingerprint density at radius 2 is 1.82 bits per heavy atom. The van der Waals surface area contributed by atoms with Crippen molar-refractivity contribution >= 4 is 28.7 Å². The molecule has 2 rings (SSSR count). The Bertz CT molecular complexity index is 727. The fourth-order valence-electron chi connectivity index (χ4n) is 2.03. The van der Waals surface area contributed by atoms with Gasteiger partial charge in [-0.15, -0.1) is 0 Å². The van der Waals surface area contributed by atoms with Gasteiger partial charge in [0, 0.05) is 0 Å². The van der Waals surface area contributed by atoms with E-state index in [0.717, 1.165) is 16.3 Å². The molecule has 6 nitrogen and oxygen atoms in total. The van der Waals surface area contributed by atoms with Crippen LogP contribution in [0.25, 0.3) is 10.8 Å². The molecule has 0 aliphatic carbocycles. The van der Waals surface area contributed by atoms with Gasteiger partial charge in [0.15, 0.2) is 6.10 Å². The summed E-state index contributed by atoms with van der Waals surface area (Å²) in [5.41, 5.74) is 5.61. The van der Waals surface area contributed by atoms with Crippen LogP contribution in [0, 0.1) is 0 Å². The highest BCUT2D eigenvalue weighted by atomic mass is 16.5. The molecule has 0 radical (unpaired) electrons. The number of amides is 3. The number of nitrogens with two attached hydrogens (primary N) is 1. The molecule has 0 spiro atoms. The molecule has 0 bridgehead atoms. The van der Waals surface area contributed by atoms with Crippen LogP contribution >= 0.6 is 0 Å². The van der Waals surface area contributed by atoms with Crippen molar-refractivity contribution in [3.63, 3.8) is 0 Å². The van der Waals surface area contributed by atoms with Crippen molar-refractivity contribution in [2.75, 3.05) is 0 Å². The molecule has 6 heteroatoms. The van der Waals surface area contributed by atoms with Gasteiger partial charge in [0.25, 0.3) is 5.91 Å². The molecule has 22 heavy (non-hydrogen) atoms. The van der Waals surface area contributed by atoms with Crippen molar-refractivity contribution in [2.24, 2.45) is 5.73 Å². The summed E-state index contributed by atoms with van der Waals surface area (Å²) in [6, 6.07) is 12.4. The summed E-state index contributed by atoms with van der Waals surface area (Å²) in [6.45, 7) is 1.37. The van der Waals surface area contributed by atoms with Gasteiger partial charge in [0.1, 0.15) is 0 Å². The molecule has 3 amide bonds. The van der Waals surface area contributed by atoms with Gasteiger partial charge >= 0.3 is 12.0 Å². The highest BCUT2D eigenvalue weighted by Gasteiger charge is 2.19. The van der Waals surface area contributed by atoms with Crippen molar-refractivity contribution in [1.82, 2.24) is 5.32 Å². The van der Waals surface area contributed by atoms with Crippen LogP contribution in [0.2, 0.25) is 0 Å².